The van der Waals surface area contributed by atoms with Crippen LogP contribution in [0.1, 0.15) is 51.0 Å². The summed E-state index contributed by atoms with van der Waals surface area (Å²) in [5, 5.41) is 18.4. The summed E-state index contributed by atoms with van der Waals surface area (Å²) in [6.07, 6.45) is 2.45. The highest BCUT2D eigenvalue weighted by Gasteiger charge is 2.28. The van der Waals surface area contributed by atoms with Gasteiger partial charge in [0.2, 0.25) is 0 Å². The van der Waals surface area contributed by atoms with E-state index >= 15 is 0 Å². The van der Waals surface area contributed by atoms with Gasteiger partial charge in [-0.15, -0.1) is 0 Å². The molecular weight excluding hydrogens is 372 g/mol. The predicted octanol–water partition coefficient (Wildman–Crippen LogP) is 2.89. The maximum Gasteiger partial charge on any atom is 0.292 e. The number of nitrogens with one attached hydrogen (secondary N) is 2. The Hall–Kier alpha value is -3.93. The summed E-state index contributed by atoms with van der Waals surface area (Å²) in [5.41, 5.74) is 1.67. The first-order valence-electron chi connectivity index (χ1n) is 9.21. The number of hydrogen-bond acceptors (Lipinski definition) is 6. The lowest BCUT2D eigenvalue weighted by molar-refractivity contribution is 0.101. The summed E-state index contributed by atoms with van der Waals surface area (Å²) in [5.74, 6) is 0.1000. The van der Waals surface area contributed by atoms with E-state index in [-0.39, 0.29) is 17.3 Å². The highest BCUT2D eigenvalue weighted by molar-refractivity contribution is 6.07. The number of fused-ring (bicyclic) bond motifs is 1. The van der Waals surface area contributed by atoms with Crippen molar-refractivity contribution in [3.05, 3.63) is 58.9 Å². The van der Waals surface area contributed by atoms with Gasteiger partial charge in [-0.05, 0) is 38.3 Å². The number of nitriles is 1. The Kier molecular flexibility index (Phi) is 4.83. The van der Waals surface area contributed by atoms with E-state index in [0.29, 0.717) is 35.7 Å². The molecule has 0 radical (unpaired) electrons. The van der Waals surface area contributed by atoms with Crippen LogP contribution in [0.5, 0.6) is 0 Å². The number of para-hydroxylation sites is 1. The fraction of sp³-hybridized carbons (Fsp3) is 0.250. The molecule has 0 unspecified atom stereocenters. The van der Waals surface area contributed by atoms with E-state index in [2.05, 4.69) is 20.8 Å². The fourth-order valence-electron chi connectivity index (χ4n) is 3.37. The van der Waals surface area contributed by atoms with Crippen LogP contribution in [0, 0.1) is 18.3 Å². The van der Waals surface area contributed by atoms with Crippen LogP contribution >= 0.6 is 0 Å². The molecule has 29 heavy (non-hydrogen) atoms. The Balaban J connectivity index is 1.65. The highest BCUT2D eigenvalue weighted by atomic mass is 16.5. The predicted molar refractivity (Wildman–Crippen MR) is 103 cm³/mol. The molecule has 0 aliphatic carbocycles. The van der Waals surface area contributed by atoms with Crippen molar-refractivity contribution in [2.75, 3.05) is 10.6 Å². The normalized spacial score (nSPS) is 12.7. The van der Waals surface area contributed by atoms with Crippen LogP contribution < -0.4 is 10.6 Å². The van der Waals surface area contributed by atoms with Crippen LogP contribution in [0.2, 0.25) is 0 Å². The molecule has 2 aromatic heterocycles. The summed E-state index contributed by atoms with van der Waals surface area (Å²) in [7, 11) is 0. The molecule has 0 spiro atoms. The number of carbonyl (C=O) groups excluding carboxylic acids is 2. The number of imidazole rings is 1. The van der Waals surface area contributed by atoms with Crippen molar-refractivity contribution in [3.8, 4) is 6.07 Å². The highest BCUT2D eigenvalue weighted by Crippen LogP contribution is 2.23. The monoisotopic (exact) mass is 390 g/mol. The van der Waals surface area contributed by atoms with E-state index in [9.17, 15) is 14.9 Å². The molecule has 0 saturated carbocycles. The Morgan fingerprint density at radius 1 is 1.21 bits per heavy atom. The third kappa shape index (κ3) is 3.60. The number of amides is 2. The van der Waals surface area contributed by atoms with Gasteiger partial charge in [0.25, 0.3) is 11.8 Å². The van der Waals surface area contributed by atoms with Crippen molar-refractivity contribution >= 4 is 23.3 Å². The second-order valence-corrected chi connectivity index (χ2v) is 6.73. The third-order valence-corrected chi connectivity index (χ3v) is 4.70. The lowest BCUT2D eigenvalue weighted by atomic mass is 10.1. The molecule has 3 aromatic rings. The zero-order valence-electron chi connectivity index (χ0n) is 15.7. The minimum atomic E-state index is -0.460. The number of aryl methyl sites for hydroxylation is 1. The molecule has 3 heterocycles. The van der Waals surface area contributed by atoms with E-state index in [4.69, 9.17) is 4.52 Å². The average molecular weight is 390 g/mol. The van der Waals surface area contributed by atoms with Gasteiger partial charge in [-0.2, -0.15) is 5.26 Å². The molecule has 9 nitrogen and oxygen atoms in total. The first-order valence-corrected chi connectivity index (χ1v) is 9.21. The Morgan fingerprint density at radius 3 is 2.79 bits per heavy atom. The maximum absolute atomic E-state index is 12.9. The summed E-state index contributed by atoms with van der Waals surface area (Å²) in [6.45, 7) is 2.33. The summed E-state index contributed by atoms with van der Waals surface area (Å²) >= 11 is 0. The quantitative estimate of drug-likeness (QED) is 0.705. The lowest BCUT2D eigenvalue weighted by Gasteiger charge is -2.16. The molecular formula is C20H18N6O3. The van der Waals surface area contributed by atoms with Gasteiger partial charge >= 0.3 is 0 Å². The Bertz CT molecular complexity index is 1140. The van der Waals surface area contributed by atoms with Crippen LogP contribution in [-0.2, 0) is 13.0 Å². The van der Waals surface area contributed by atoms with E-state index in [1.54, 1.807) is 41.8 Å². The number of hydrogen-bond donors (Lipinski definition) is 2. The van der Waals surface area contributed by atoms with Crippen LogP contribution in [0.3, 0.4) is 0 Å². The number of anilines is 2. The molecule has 0 fully saturated rings. The van der Waals surface area contributed by atoms with Crippen molar-refractivity contribution in [1.82, 2.24) is 14.7 Å². The zero-order valence-corrected chi connectivity index (χ0v) is 15.7. The number of aromatic nitrogens is 3. The van der Waals surface area contributed by atoms with Crippen molar-refractivity contribution in [3.63, 3.8) is 0 Å². The number of rotatable bonds is 4. The van der Waals surface area contributed by atoms with Crippen LogP contribution in [0.4, 0.5) is 11.5 Å². The molecule has 2 amide bonds. The van der Waals surface area contributed by atoms with Crippen molar-refractivity contribution in [2.45, 2.75) is 32.7 Å². The number of benzene rings is 1. The van der Waals surface area contributed by atoms with Gasteiger partial charge in [0, 0.05) is 12.6 Å². The van der Waals surface area contributed by atoms with Gasteiger partial charge in [0.15, 0.2) is 17.3 Å². The maximum atomic E-state index is 12.9. The fourth-order valence-corrected chi connectivity index (χ4v) is 3.37. The van der Waals surface area contributed by atoms with Crippen molar-refractivity contribution in [2.24, 2.45) is 0 Å². The molecule has 0 bridgehead atoms. The van der Waals surface area contributed by atoms with Gasteiger partial charge < -0.3 is 19.7 Å². The van der Waals surface area contributed by atoms with Gasteiger partial charge in [-0.1, -0.05) is 17.3 Å². The molecule has 0 atom stereocenters. The van der Waals surface area contributed by atoms with Crippen LogP contribution in [-0.4, -0.2) is 26.5 Å². The van der Waals surface area contributed by atoms with Crippen LogP contribution in [0.25, 0.3) is 0 Å². The second kappa shape index (κ2) is 7.59. The smallest absolute Gasteiger partial charge is 0.292 e. The molecule has 146 valence electrons. The SMILES string of the molecule is Cc1cc(NC(=O)c2nc(C(=O)Nc3ccccc3C#N)c3n2CCCC3)no1. The number of carbonyl (C=O) groups is 2. The van der Waals surface area contributed by atoms with Gasteiger partial charge in [0.1, 0.15) is 11.8 Å². The molecule has 1 aromatic carbocycles. The van der Waals surface area contributed by atoms with Gasteiger partial charge in [-0.3, -0.25) is 9.59 Å². The summed E-state index contributed by atoms with van der Waals surface area (Å²) < 4.78 is 6.74. The third-order valence-electron chi connectivity index (χ3n) is 4.70. The lowest BCUT2D eigenvalue weighted by Crippen LogP contribution is -2.21. The summed E-state index contributed by atoms with van der Waals surface area (Å²) in [6, 6.07) is 10.4. The molecule has 1 aliphatic rings. The van der Waals surface area contributed by atoms with Crippen molar-refractivity contribution in [1.29, 1.82) is 5.26 Å². The topological polar surface area (TPSA) is 126 Å². The standard InChI is InChI=1S/C20H18N6O3/c1-12-10-16(25-29-12)23-20(28)18-24-17(15-8-4-5-9-26(15)18)19(27)22-14-7-3-2-6-13(14)11-21/h2-3,6-7,10H,4-5,8-9H2,1H3,(H,22,27)(H,23,25,28). The average Bonchev–Trinajstić information content (AvgIpc) is 3.32. The molecule has 9 heteroatoms. The molecule has 0 saturated heterocycles. The van der Waals surface area contributed by atoms with E-state index < -0.39 is 11.8 Å². The first kappa shape index (κ1) is 18.4. The Morgan fingerprint density at radius 2 is 2.03 bits per heavy atom. The van der Waals surface area contributed by atoms with Gasteiger partial charge in [0.05, 0.1) is 16.9 Å². The first-order chi connectivity index (χ1) is 14.1. The van der Waals surface area contributed by atoms with Crippen LogP contribution in [0.15, 0.2) is 34.9 Å². The minimum absolute atomic E-state index is 0.152. The second-order valence-electron chi connectivity index (χ2n) is 6.73. The molecule has 2 N–H and O–H groups in total. The summed E-state index contributed by atoms with van der Waals surface area (Å²) in [4.78, 5) is 30.0. The Labute approximate surface area is 166 Å². The minimum Gasteiger partial charge on any atom is -0.360 e. The van der Waals surface area contributed by atoms with E-state index in [1.807, 2.05) is 6.07 Å². The zero-order chi connectivity index (χ0) is 20.4. The largest absolute Gasteiger partial charge is 0.360 e. The van der Waals surface area contributed by atoms with Crippen molar-refractivity contribution < 1.29 is 14.1 Å². The molecule has 4 rings (SSSR count). The van der Waals surface area contributed by atoms with E-state index in [0.717, 1.165) is 12.8 Å². The van der Waals surface area contributed by atoms with Gasteiger partial charge in [-0.25, -0.2) is 4.98 Å². The number of nitrogens with zero attached hydrogens (tertiary/aromatic N) is 4. The molecule has 1 aliphatic heterocycles. The van der Waals surface area contributed by atoms with E-state index in [1.165, 1.54) is 0 Å².